The number of carbonyl (C=O) groups is 1. The van der Waals surface area contributed by atoms with Gasteiger partial charge in [0.1, 0.15) is 0 Å². The molecule has 2 N–H and O–H groups in total. The Morgan fingerprint density at radius 1 is 1.35 bits per heavy atom. The van der Waals surface area contributed by atoms with Gasteiger partial charge in [-0.05, 0) is 25.0 Å². The van der Waals surface area contributed by atoms with Crippen LogP contribution in [0.4, 0.5) is 13.2 Å². The van der Waals surface area contributed by atoms with Crippen LogP contribution in [-0.2, 0) is 16.4 Å². The molecule has 0 bridgehead atoms. The minimum atomic E-state index is -4.74. The highest BCUT2D eigenvalue weighted by atomic mass is 19.4. The van der Waals surface area contributed by atoms with Gasteiger partial charge in [0.25, 0.3) is 0 Å². The summed E-state index contributed by atoms with van der Waals surface area (Å²) in [4.78, 5) is 11.4. The van der Waals surface area contributed by atoms with Crippen molar-refractivity contribution in [3.63, 3.8) is 0 Å². The van der Waals surface area contributed by atoms with E-state index in [2.05, 4.69) is 0 Å². The number of phenols is 1. The van der Waals surface area contributed by atoms with Crippen LogP contribution in [0.25, 0.3) is 0 Å². The van der Waals surface area contributed by atoms with E-state index < -0.39 is 34.4 Å². The largest absolute Gasteiger partial charge is 0.504 e. The Hall–Kier alpha value is -1.92. The summed E-state index contributed by atoms with van der Waals surface area (Å²) in [5.74, 6) is -2.28. The Morgan fingerprint density at radius 3 is 2.30 bits per heavy atom. The predicted molar refractivity (Wildman–Crippen MR) is 62.8 cm³/mol. The molecule has 4 nitrogen and oxygen atoms in total. The van der Waals surface area contributed by atoms with Crippen LogP contribution in [0.2, 0.25) is 0 Å². The summed E-state index contributed by atoms with van der Waals surface area (Å²) in [6, 6.07) is 1.73. The van der Waals surface area contributed by atoms with Crippen LogP contribution in [0, 0.1) is 0 Å². The first-order valence-corrected chi connectivity index (χ1v) is 5.95. The van der Waals surface area contributed by atoms with Crippen molar-refractivity contribution in [2.24, 2.45) is 0 Å². The number of carboxylic acid groups (broad SMARTS) is 1. The van der Waals surface area contributed by atoms with Crippen molar-refractivity contribution >= 4 is 5.97 Å². The van der Waals surface area contributed by atoms with Gasteiger partial charge in [-0.15, -0.1) is 0 Å². The third-order valence-corrected chi connectivity index (χ3v) is 3.76. The van der Waals surface area contributed by atoms with Gasteiger partial charge in [0.2, 0.25) is 0 Å². The minimum Gasteiger partial charge on any atom is -0.504 e. The molecule has 1 fully saturated rings. The number of hydrogen-bond acceptors (Lipinski definition) is 3. The highest BCUT2D eigenvalue weighted by Gasteiger charge is 2.52. The van der Waals surface area contributed by atoms with E-state index in [0.717, 1.165) is 12.1 Å². The summed E-state index contributed by atoms with van der Waals surface area (Å²) in [6.45, 7) is 0. The van der Waals surface area contributed by atoms with Gasteiger partial charge in [0.15, 0.2) is 11.5 Å². The summed E-state index contributed by atoms with van der Waals surface area (Å²) >= 11 is 0. The van der Waals surface area contributed by atoms with Crippen molar-refractivity contribution in [2.75, 3.05) is 7.11 Å². The van der Waals surface area contributed by atoms with Gasteiger partial charge < -0.3 is 14.9 Å². The van der Waals surface area contributed by atoms with E-state index in [1.165, 1.54) is 7.11 Å². The topological polar surface area (TPSA) is 66.8 Å². The fraction of sp³-hybridized carbons (Fsp3) is 0.462. The molecule has 0 atom stereocenters. The van der Waals surface area contributed by atoms with E-state index in [9.17, 15) is 28.2 Å². The molecule has 20 heavy (non-hydrogen) atoms. The predicted octanol–water partition coefficient (Wildman–Crippen LogP) is 2.93. The van der Waals surface area contributed by atoms with Gasteiger partial charge in [-0.3, -0.25) is 4.79 Å². The van der Waals surface area contributed by atoms with E-state index in [1.54, 1.807) is 0 Å². The van der Waals surface area contributed by atoms with Gasteiger partial charge >= 0.3 is 12.1 Å². The number of phenolic OH excluding ortho intramolecular Hbond substituents is 1. The van der Waals surface area contributed by atoms with Crippen molar-refractivity contribution in [1.29, 1.82) is 0 Å². The number of aromatic hydroxyl groups is 1. The zero-order valence-electron chi connectivity index (χ0n) is 10.6. The summed E-state index contributed by atoms with van der Waals surface area (Å²) < 4.78 is 44.0. The molecule has 110 valence electrons. The number of benzene rings is 1. The number of halogens is 3. The molecule has 0 aromatic heterocycles. The monoisotopic (exact) mass is 290 g/mol. The van der Waals surface area contributed by atoms with Crippen LogP contribution >= 0.6 is 0 Å². The molecule has 1 aromatic rings. The Kier molecular flexibility index (Phi) is 3.31. The maximum Gasteiger partial charge on any atom is 0.416 e. The Morgan fingerprint density at radius 2 is 1.95 bits per heavy atom. The van der Waals surface area contributed by atoms with Gasteiger partial charge in [-0.2, -0.15) is 13.2 Å². The van der Waals surface area contributed by atoms with Gasteiger partial charge in [-0.25, -0.2) is 0 Å². The number of carboxylic acids is 1. The lowest BCUT2D eigenvalue weighted by Crippen LogP contribution is -2.43. The summed E-state index contributed by atoms with van der Waals surface area (Å²) in [7, 11) is 1.19. The van der Waals surface area contributed by atoms with Crippen LogP contribution in [0.3, 0.4) is 0 Å². The van der Waals surface area contributed by atoms with E-state index >= 15 is 0 Å². The highest BCUT2D eigenvalue weighted by Crippen LogP contribution is 2.53. The zero-order chi connectivity index (χ0) is 15.1. The minimum absolute atomic E-state index is 0.0616. The first kappa shape index (κ1) is 14.5. The summed E-state index contributed by atoms with van der Waals surface area (Å²) in [5, 5.41) is 19.3. The zero-order valence-corrected chi connectivity index (χ0v) is 10.6. The van der Waals surface area contributed by atoms with E-state index in [-0.39, 0.29) is 18.6 Å². The molecule has 0 aliphatic heterocycles. The van der Waals surface area contributed by atoms with Gasteiger partial charge in [0.05, 0.1) is 18.1 Å². The normalized spacial score (nSPS) is 17.4. The average Bonchev–Trinajstić information content (AvgIpc) is 2.27. The quantitative estimate of drug-likeness (QED) is 0.898. The standard InChI is InChI=1S/C13H13F3O4/c1-20-8-4-3-7(13(14,15)16)9(10(8)17)12(11(18)19)5-2-6-12/h3-4,17H,2,5-6H2,1H3,(H,18,19). The first-order valence-electron chi connectivity index (χ1n) is 5.95. The molecular formula is C13H13F3O4. The molecule has 2 rings (SSSR count). The van der Waals surface area contributed by atoms with Crippen LogP contribution in [0.5, 0.6) is 11.5 Å². The van der Waals surface area contributed by atoms with Crippen LogP contribution < -0.4 is 4.74 Å². The Balaban J connectivity index is 2.74. The maximum absolute atomic E-state index is 13.1. The van der Waals surface area contributed by atoms with E-state index in [1.807, 2.05) is 0 Å². The number of alkyl halides is 3. The molecule has 7 heteroatoms. The molecule has 1 saturated carbocycles. The molecule has 0 heterocycles. The highest BCUT2D eigenvalue weighted by molar-refractivity contribution is 5.85. The molecule has 1 aromatic carbocycles. The maximum atomic E-state index is 13.1. The molecule has 0 radical (unpaired) electrons. The first-order chi connectivity index (χ1) is 9.24. The second-order valence-corrected chi connectivity index (χ2v) is 4.78. The molecular weight excluding hydrogens is 277 g/mol. The van der Waals surface area contributed by atoms with Crippen molar-refractivity contribution in [3.05, 3.63) is 23.3 Å². The number of ether oxygens (including phenoxy) is 1. The van der Waals surface area contributed by atoms with Crippen molar-refractivity contribution < 1.29 is 32.9 Å². The van der Waals surface area contributed by atoms with Crippen LogP contribution in [0.1, 0.15) is 30.4 Å². The van der Waals surface area contributed by atoms with Gasteiger partial charge in [0, 0.05) is 5.56 Å². The molecule has 1 aliphatic rings. The summed E-state index contributed by atoms with van der Waals surface area (Å²) in [6.07, 6.45) is -4.12. The molecule has 1 aliphatic carbocycles. The fourth-order valence-electron chi connectivity index (χ4n) is 2.56. The number of hydrogen-bond donors (Lipinski definition) is 2. The summed E-state index contributed by atoms with van der Waals surface area (Å²) in [5.41, 5.74) is -3.41. The lowest BCUT2D eigenvalue weighted by atomic mass is 9.63. The van der Waals surface area contributed by atoms with Crippen molar-refractivity contribution in [1.82, 2.24) is 0 Å². The molecule has 0 saturated heterocycles. The fourth-order valence-corrected chi connectivity index (χ4v) is 2.56. The van der Waals surface area contributed by atoms with E-state index in [4.69, 9.17) is 4.74 Å². The van der Waals surface area contributed by atoms with Gasteiger partial charge in [-0.1, -0.05) is 6.42 Å². The molecule has 0 unspecified atom stereocenters. The third-order valence-electron chi connectivity index (χ3n) is 3.76. The van der Waals surface area contributed by atoms with Crippen molar-refractivity contribution in [3.8, 4) is 11.5 Å². The van der Waals surface area contributed by atoms with E-state index in [0.29, 0.717) is 6.42 Å². The average molecular weight is 290 g/mol. The number of methoxy groups -OCH3 is 1. The Bertz CT molecular complexity index is 547. The third kappa shape index (κ3) is 1.97. The SMILES string of the molecule is COc1ccc(C(F)(F)F)c(C2(C(=O)O)CCC2)c1O. The lowest BCUT2D eigenvalue weighted by Gasteiger charge is -2.40. The van der Waals surface area contributed by atoms with Crippen molar-refractivity contribution in [2.45, 2.75) is 30.9 Å². The lowest BCUT2D eigenvalue weighted by molar-refractivity contribution is -0.150. The van der Waals surface area contributed by atoms with Crippen LogP contribution in [0.15, 0.2) is 12.1 Å². The smallest absolute Gasteiger partial charge is 0.416 e. The molecule has 0 amide bonds. The Labute approximate surface area is 112 Å². The second-order valence-electron chi connectivity index (χ2n) is 4.78. The molecule has 0 spiro atoms. The number of rotatable bonds is 3. The van der Waals surface area contributed by atoms with Crippen LogP contribution in [-0.4, -0.2) is 23.3 Å². The number of aliphatic carboxylic acids is 1. The second kappa shape index (κ2) is 4.57.